The lowest BCUT2D eigenvalue weighted by Crippen LogP contribution is -2.31. The van der Waals surface area contributed by atoms with E-state index < -0.39 is 5.82 Å². The molecule has 5 heteroatoms. The number of rotatable bonds is 3. The standard InChI is InChI=1S/C17H19FN2O2/c1-3-15-16(11(2)19-22-15)14-8-5-9-20(14)17(21)12-6-4-7-13(18)10-12/h4,6-7,10,14H,3,5,8-9H2,1-2H3/t14-/m0/s1. The van der Waals surface area contributed by atoms with Crippen molar-refractivity contribution in [2.24, 2.45) is 0 Å². The highest BCUT2D eigenvalue weighted by Gasteiger charge is 2.34. The van der Waals surface area contributed by atoms with Crippen LogP contribution in [0, 0.1) is 12.7 Å². The van der Waals surface area contributed by atoms with Gasteiger partial charge in [-0.15, -0.1) is 0 Å². The number of carbonyl (C=O) groups is 1. The zero-order valence-corrected chi connectivity index (χ0v) is 12.8. The van der Waals surface area contributed by atoms with E-state index in [1.165, 1.54) is 12.1 Å². The summed E-state index contributed by atoms with van der Waals surface area (Å²) in [5.41, 5.74) is 2.24. The van der Waals surface area contributed by atoms with Gasteiger partial charge in [0.1, 0.15) is 11.6 Å². The van der Waals surface area contributed by atoms with E-state index in [0.717, 1.165) is 36.3 Å². The van der Waals surface area contributed by atoms with Crippen LogP contribution in [0.4, 0.5) is 4.39 Å². The van der Waals surface area contributed by atoms with Crippen LogP contribution >= 0.6 is 0 Å². The molecule has 22 heavy (non-hydrogen) atoms. The Kier molecular flexibility index (Phi) is 3.96. The molecule has 0 aliphatic carbocycles. The molecule has 0 spiro atoms. The Bertz CT molecular complexity index is 696. The Morgan fingerprint density at radius 2 is 2.32 bits per heavy atom. The average Bonchev–Trinajstić information content (AvgIpc) is 3.12. The van der Waals surface area contributed by atoms with Gasteiger partial charge in [-0.05, 0) is 38.0 Å². The summed E-state index contributed by atoms with van der Waals surface area (Å²) in [6.45, 7) is 4.59. The molecule has 0 N–H and O–H groups in total. The third-order valence-electron chi connectivity index (χ3n) is 4.22. The second-order valence-corrected chi connectivity index (χ2v) is 5.63. The van der Waals surface area contributed by atoms with Crippen molar-refractivity contribution < 1.29 is 13.7 Å². The van der Waals surface area contributed by atoms with Crippen molar-refractivity contribution in [3.8, 4) is 0 Å². The zero-order valence-electron chi connectivity index (χ0n) is 12.8. The van der Waals surface area contributed by atoms with Crippen LogP contribution in [0.2, 0.25) is 0 Å². The zero-order chi connectivity index (χ0) is 15.7. The molecule has 1 amide bonds. The van der Waals surface area contributed by atoms with E-state index in [-0.39, 0.29) is 11.9 Å². The number of amides is 1. The molecular formula is C17H19FN2O2. The normalized spacial score (nSPS) is 18.0. The molecule has 0 unspecified atom stereocenters. The number of hydrogen-bond acceptors (Lipinski definition) is 3. The third-order valence-corrected chi connectivity index (χ3v) is 4.22. The van der Waals surface area contributed by atoms with Crippen LogP contribution in [0.15, 0.2) is 28.8 Å². The van der Waals surface area contributed by atoms with Gasteiger partial charge in [-0.25, -0.2) is 4.39 Å². The summed E-state index contributed by atoms with van der Waals surface area (Å²) in [6.07, 6.45) is 2.56. The second kappa shape index (κ2) is 5.91. The number of hydrogen-bond donors (Lipinski definition) is 0. The van der Waals surface area contributed by atoms with Crippen molar-refractivity contribution in [1.82, 2.24) is 10.1 Å². The number of benzene rings is 1. The minimum absolute atomic E-state index is 0.0306. The minimum Gasteiger partial charge on any atom is -0.361 e. The molecule has 1 fully saturated rings. The molecule has 1 atom stereocenters. The Morgan fingerprint density at radius 1 is 1.50 bits per heavy atom. The Morgan fingerprint density at radius 3 is 3.05 bits per heavy atom. The highest BCUT2D eigenvalue weighted by atomic mass is 19.1. The number of likely N-dealkylation sites (tertiary alicyclic amines) is 1. The second-order valence-electron chi connectivity index (χ2n) is 5.63. The van der Waals surface area contributed by atoms with Gasteiger partial charge in [0, 0.05) is 24.1 Å². The van der Waals surface area contributed by atoms with Gasteiger partial charge in [0.25, 0.3) is 5.91 Å². The first-order valence-electron chi connectivity index (χ1n) is 7.63. The maximum absolute atomic E-state index is 13.4. The van der Waals surface area contributed by atoms with Gasteiger partial charge in [0.2, 0.25) is 0 Å². The molecule has 4 nitrogen and oxygen atoms in total. The van der Waals surface area contributed by atoms with Gasteiger partial charge in [0.15, 0.2) is 0 Å². The van der Waals surface area contributed by atoms with E-state index in [0.29, 0.717) is 12.1 Å². The monoisotopic (exact) mass is 302 g/mol. The molecular weight excluding hydrogens is 283 g/mol. The van der Waals surface area contributed by atoms with Gasteiger partial charge in [-0.2, -0.15) is 0 Å². The largest absolute Gasteiger partial charge is 0.361 e. The molecule has 116 valence electrons. The summed E-state index contributed by atoms with van der Waals surface area (Å²) in [7, 11) is 0. The van der Waals surface area contributed by atoms with Crippen LogP contribution in [-0.4, -0.2) is 22.5 Å². The lowest BCUT2D eigenvalue weighted by Gasteiger charge is -2.25. The highest BCUT2D eigenvalue weighted by molar-refractivity contribution is 5.94. The van der Waals surface area contributed by atoms with E-state index in [9.17, 15) is 9.18 Å². The van der Waals surface area contributed by atoms with Crippen molar-refractivity contribution in [1.29, 1.82) is 0 Å². The SMILES string of the molecule is CCc1onc(C)c1[C@@H]1CCCN1C(=O)c1cccc(F)c1. The van der Waals surface area contributed by atoms with Crippen molar-refractivity contribution in [3.05, 3.63) is 52.7 Å². The molecule has 0 radical (unpaired) electrons. The summed E-state index contributed by atoms with van der Waals surface area (Å²) >= 11 is 0. The summed E-state index contributed by atoms with van der Waals surface area (Å²) < 4.78 is 18.7. The smallest absolute Gasteiger partial charge is 0.254 e. The molecule has 2 heterocycles. The van der Waals surface area contributed by atoms with E-state index in [2.05, 4.69) is 5.16 Å². The Balaban J connectivity index is 1.93. The van der Waals surface area contributed by atoms with Gasteiger partial charge < -0.3 is 9.42 Å². The van der Waals surface area contributed by atoms with Gasteiger partial charge >= 0.3 is 0 Å². The van der Waals surface area contributed by atoms with Crippen LogP contribution in [0.1, 0.15) is 53.2 Å². The quantitative estimate of drug-likeness (QED) is 0.869. The lowest BCUT2D eigenvalue weighted by atomic mass is 10.0. The fourth-order valence-electron chi connectivity index (χ4n) is 3.20. The van der Waals surface area contributed by atoms with Crippen LogP contribution < -0.4 is 0 Å². The number of nitrogens with zero attached hydrogens (tertiary/aromatic N) is 2. The molecule has 1 aliphatic heterocycles. The molecule has 1 aliphatic rings. The molecule has 1 saturated heterocycles. The fraction of sp³-hybridized carbons (Fsp3) is 0.412. The first-order chi connectivity index (χ1) is 10.6. The fourth-order valence-corrected chi connectivity index (χ4v) is 3.20. The molecule has 0 bridgehead atoms. The average molecular weight is 302 g/mol. The Hall–Kier alpha value is -2.17. The molecule has 1 aromatic heterocycles. The van der Waals surface area contributed by atoms with Crippen LogP contribution in [-0.2, 0) is 6.42 Å². The van der Waals surface area contributed by atoms with E-state index in [4.69, 9.17) is 4.52 Å². The predicted molar refractivity (Wildman–Crippen MR) is 80.0 cm³/mol. The van der Waals surface area contributed by atoms with E-state index in [1.807, 2.05) is 18.7 Å². The minimum atomic E-state index is -0.392. The van der Waals surface area contributed by atoms with Gasteiger partial charge in [-0.3, -0.25) is 4.79 Å². The number of aryl methyl sites for hydroxylation is 2. The summed E-state index contributed by atoms with van der Waals surface area (Å²) in [5.74, 6) is 0.308. The number of halogens is 1. The maximum Gasteiger partial charge on any atom is 0.254 e. The third kappa shape index (κ3) is 2.51. The van der Waals surface area contributed by atoms with Gasteiger partial charge in [-0.1, -0.05) is 18.1 Å². The molecule has 2 aromatic rings. The topological polar surface area (TPSA) is 46.3 Å². The summed E-state index contributed by atoms with van der Waals surface area (Å²) in [5, 5.41) is 4.04. The number of aromatic nitrogens is 1. The molecule has 1 aromatic carbocycles. The van der Waals surface area contributed by atoms with Crippen molar-refractivity contribution in [2.75, 3.05) is 6.54 Å². The number of carbonyl (C=O) groups excluding carboxylic acids is 1. The van der Waals surface area contributed by atoms with E-state index in [1.54, 1.807) is 12.1 Å². The predicted octanol–water partition coefficient (Wildman–Crippen LogP) is 3.66. The summed E-state index contributed by atoms with van der Waals surface area (Å²) in [4.78, 5) is 14.5. The summed E-state index contributed by atoms with van der Waals surface area (Å²) in [6, 6.07) is 5.82. The molecule has 3 rings (SSSR count). The van der Waals surface area contributed by atoms with Crippen molar-refractivity contribution >= 4 is 5.91 Å². The lowest BCUT2D eigenvalue weighted by molar-refractivity contribution is 0.0734. The van der Waals surface area contributed by atoms with Crippen LogP contribution in [0.5, 0.6) is 0 Å². The highest BCUT2D eigenvalue weighted by Crippen LogP contribution is 2.36. The maximum atomic E-state index is 13.4. The Labute approximate surface area is 128 Å². The first kappa shape index (κ1) is 14.8. The van der Waals surface area contributed by atoms with Crippen LogP contribution in [0.3, 0.4) is 0 Å². The van der Waals surface area contributed by atoms with Crippen molar-refractivity contribution in [2.45, 2.75) is 39.2 Å². The van der Waals surface area contributed by atoms with E-state index >= 15 is 0 Å². The van der Waals surface area contributed by atoms with Crippen molar-refractivity contribution in [3.63, 3.8) is 0 Å². The molecule has 0 saturated carbocycles. The van der Waals surface area contributed by atoms with Gasteiger partial charge in [0.05, 0.1) is 11.7 Å². The first-order valence-corrected chi connectivity index (χ1v) is 7.63. The van der Waals surface area contributed by atoms with Crippen LogP contribution in [0.25, 0.3) is 0 Å².